The maximum absolute atomic E-state index is 5.41. The molecule has 0 saturated carbocycles. The van der Waals surface area contributed by atoms with E-state index in [-0.39, 0.29) is 35.0 Å². The number of halogens is 1. The summed E-state index contributed by atoms with van der Waals surface area (Å²) in [7, 11) is 1.72. The Kier molecular flexibility index (Phi) is 9.61. The van der Waals surface area contributed by atoms with Crippen molar-refractivity contribution < 1.29 is 4.74 Å². The Bertz CT molecular complexity index is 495. The molecule has 0 spiro atoms. The number of nitrogens with zero attached hydrogens (tertiary/aromatic N) is 2. The molecule has 1 aromatic rings. The molecule has 0 unspecified atom stereocenters. The van der Waals surface area contributed by atoms with E-state index in [2.05, 4.69) is 53.7 Å². The minimum absolute atomic E-state index is 0. The molecule has 0 atom stereocenters. The van der Waals surface area contributed by atoms with E-state index in [0.29, 0.717) is 13.1 Å². The summed E-state index contributed by atoms with van der Waals surface area (Å²) in [6.45, 7) is 14.8. The second-order valence-electron chi connectivity index (χ2n) is 6.89. The Labute approximate surface area is 161 Å². The molecule has 0 aliphatic carbocycles. The Morgan fingerprint density at radius 3 is 2.39 bits per heavy atom. The molecule has 5 nitrogen and oxygen atoms in total. The predicted octanol–water partition coefficient (Wildman–Crippen LogP) is 3.54. The third-order valence-corrected chi connectivity index (χ3v) is 4.10. The lowest BCUT2D eigenvalue weighted by Crippen LogP contribution is -2.45. The summed E-state index contributed by atoms with van der Waals surface area (Å²) in [6.07, 6.45) is 0. The number of aliphatic imine (C=N–C) groups is 1. The molecule has 1 rings (SSSR count). The monoisotopic (exact) mass is 454 g/mol. The van der Waals surface area contributed by atoms with Gasteiger partial charge in [0.05, 0.1) is 17.8 Å². The highest BCUT2D eigenvalue weighted by Crippen LogP contribution is 2.24. The number of hydrogen-bond acceptors (Lipinski definition) is 4. The van der Waals surface area contributed by atoms with Crippen molar-refractivity contribution in [1.82, 2.24) is 15.6 Å². The molecule has 0 aliphatic rings. The standard InChI is InChI=1S/C16H30N4OS.HI/c1-8-17-14(19-11-16(5,6)21-7)18-9-13-20-12(10-22-13)15(2,3)4;/h10H,8-9,11H2,1-7H3,(H2,17,18,19);1H. The quantitative estimate of drug-likeness (QED) is 0.392. The van der Waals surface area contributed by atoms with E-state index in [0.717, 1.165) is 23.2 Å². The number of thiazole rings is 1. The Morgan fingerprint density at radius 2 is 1.91 bits per heavy atom. The van der Waals surface area contributed by atoms with Crippen LogP contribution in [0.5, 0.6) is 0 Å². The second kappa shape index (κ2) is 9.78. The van der Waals surface area contributed by atoms with Crippen LogP contribution in [0.2, 0.25) is 0 Å². The molecule has 7 heteroatoms. The number of nitrogens with one attached hydrogen (secondary N) is 2. The Hall–Kier alpha value is -0.410. The van der Waals surface area contributed by atoms with Gasteiger partial charge in [0, 0.05) is 31.0 Å². The van der Waals surface area contributed by atoms with Crippen molar-refractivity contribution in [3.05, 3.63) is 16.1 Å². The van der Waals surface area contributed by atoms with Crippen molar-refractivity contribution in [2.75, 3.05) is 20.2 Å². The summed E-state index contributed by atoms with van der Waals surface area (Å²) in [5, 5.41) is 9.72. The van der Waals surface area contributed by atoms with Gasteiger partial charge in [-0.15, -0.1) is 35.3 Å². The number of aromatic nitrogens is 1. The number of rotatable bonds is 6. The normalized spacial score (nSPS) is 12.7. The van der Waals surface area contributed by atoms with Gasteiger partial charge in [-0.25, -0.2) is 9.98 Å². The van der Waals surface area contributed by atoms with Gasteiger partial charge >= 0.3 is 0 Å². The van der Waals surface area contributed by atoms with Gasteiger partial charge in [0.2, 0.25) is 0 Å². The molecule has 1 heterocycles. The van der Waals surface area contributed by atoms with Gasteiger partial charge in [0.15, 0.2) is 5.96 Å². The summed E-state index contributed by atoms with van der Waals surface area (Å²) in [5.74, 6) is 0.792. The van der Waals surface area contributed by atoms with Crippen LogP contribution in [-0.4, -0.2) is 36.7 Å². The summed E-state index contributed by atoms with van der Waals surface area (Å²) >= 11 is 1.67. The summed E-state index contributed by atoms with van der Waals surface area (Å²) < 4.78 is 5.41. The fraction of sp³-hybridized carbons (Fsp3) is 0.750. The van der Waals surface area contributed by atoms with E-state index >= 15 is 0 Å². The molecule has 134 valence electrons. The lowest BCUT2D eigenvalue weighted by atomic mass is 9.93. The molecule has 0 saturated heterocycles. The molecule has 0 radical (unpaired) electrons. The topological polar surface area (TPSA) is 58.5 Å². The molecule has 1 aromatic heterocycles. The maximum Gasteiger partial charge on any atom is 0.191 e. The summed E-state index contributed by atoms with van der Waals surface area (Å²) in [4.78, 5) is 9.27. The zero-order valence-electron chi connectivity index (χ0n) is 15.3. The van der Waals surface area contributed by atoms with Gasteiger partial charge in [-0.05, 0) is 20.8 Å². The van der Waals surface area contributed by atoms with Crippen molar-refractivity contribution in [2.24, 2.45) is 4.99 Å². The first kappa shape index (κ1) is 22.6. The van der Waals surface area contributed by atoms with Gasteiger partial charge in [0.25, 0.3) is 0 Å². The third-order valence-electron chi connectivity index (χ3n) is 3.27. The van der Waals surface area contributed by atoms with Crippen molar-refractivity contribution in [1.29, 1.82) is 0 Å². The molecule has 23 heavy (non-hydrogen) atoms. The highest BCUT2D eigenvalue weighted by molar-refractivity contribution is 14.0. The number of ether oxygens (including phenoxy) is 1. The fourth-order valence-electron chi connectivity index (χ4n) is 1.59. The first-order valence-corrected chi connectivity index (χ1v) is 8.58. The van der Waals surface area contributed by atoms with Crippen molar-refractivity contribution in [2.45, 2.75) is 59.1 Å². The van der Waals surface area contributed by atoms with Gasteiger partial charge < -0.3 is 15.4 Å². The van der Waals surface area contributed by atoms with E-state index in [1.807, 2.05) is 13.8 Å². The van der Waals surface area contributed by atoms with E-state index in [9.17, 15) is 0 Å². The minimum Gasteiger partial charge on any atom is -0.377 e. The van der Waals surface area contributed by atoms with Crippen LogP contribution in [0.15, 0.2) is 10.4 Å². The molecule has 0 aliphatic heterocycles. The zero-order valence-corrected chi connectivity index (χ0v) is 18.5. The van der Waals surface area contributed by atoms with Crippen LogP contribution in [0.3, 0.4) is 0 Å². The van der Waals surface area contributed by atoms with Gasteiger partial charge in [-0.3, -0.25) is 0 Å². The van der Waals surface area contributed by atoms with Crippen molar-refractivity contribution >= 4 is 41.3 Å². The Balaban J connectivity index is 0.00000484. The van der Waals surface area contributed by atoms with Crippen LogP contribution < -0.4 is 10.6 Å². The first-order valence-electron chi connectivity index (χ1n) is 7.70. The van der Waals surface area contributed by atoms with Crippen LogP contribution in [0, 0.1) is 0 Å². The van der Waals surface area contributed by atoms with Crippen LogP contribution in [0.25, 0.3) is 0 Å². The van der Waals surface area contributed by atoms with E-state index in [4.69, 9.17) is 4.74 Å². The third kappa shape index (κ3) is 8.30. The van der Waals surface area contributed by atoms with E-state index in [1.165, 1.54) is 0 Å². The smallest absolute Gasteiger partial charge is 0.191 e. The molecule has 0 amide bonds. The molecule has 0 fully saturated rings. The average Bonchev–Trinajstić information content (AvgIpc) is 2.91. The Morgan fingerprint density at radius 1 is 1.26 bits per heavy atom. The lowest BCUT2D eigenvalue weighted by Gasteiger charge is -2.24. The van der Waals surface area contributed by atoms with Crippen LogP contribution in [0.4, 0.5) is 0 Å². The number of methoxy groups -OCH3 is 1. The zero-order chi connectivity index (χ0) is 16.8. The van der Waals surface area contributed by atoms with Gasteiger partial charge in [-0.1, -0.05) is 20.8 Å². The van der Waals surface area contributed by atoms with Crippen LogP contribution in [-0.2, 0) is 16.7 Å². The molecule has 2 N–H and O–H groups in total. The minimum atomic E-state index is -0.225. The SMILES string of the molecule is CCNC(=NCc1nc(C(C)(C)C)cs1)NCC(C)(C)OC.I. The van der Waals surface area contributed by atoms with Gasteiger partial charge in [0.1, 0.15) is 5.01 Å². The molecular weight excluding hydrogens is 423 g/mol. The number of guanidine groups is 1. The molecule has 0 aromatic carbocycles. The van der Waals surface area contributed by atoms with Crippen molar-refractivity contribution in [3.63, 3.8) is 0 Å². The highest BCUT2D eigenvalue weighted by Gasteiger charge is 2.18. The maximum atomic E-state index is 5.41. The van der Waals surface area contributed by atoms with E-state index < -0.39 is 0 Å². The molecular formula is C16H31IN4OS. The largest absolute Gasteiger partial charge is 0.377 e. The lowest BCUT2D eigenvalue weighted by molar-refractivity contribution is 0.0268. The predicted molar refractivity (Wildman–Crippen MR) is 110 cm³/mol. The summed E-state index contributed by atoms with van der Waals surface area (Å²) in [6, 6.07) is 0. The fourth-order valence-corrected chi connectivity index (χ4v) is 2.53. The first-order chi connectivity index (χ1) is 10.2. The highest BCUT2D eigenvalue weighted by atomic mass is 127. The van der Waals surface area contributed by atoms with E-state index in [1.54, 1.807) is 18.4 Å². The van der Waals surface area contributed by atoms with Crippen LogP contribution >= 0.6 is 35.3 Å². The molecule has 0 bridgehead atoms. The summed E-state index contributed by atoms with van der Waals surface area (Å²) in [5.41, 5.74) is 0.988. The second-order valence-corrected chi connectivity index (χ2v) is 7.83. The number of hydrogen-bond donors (Lipinski definition) is 2. The average molecular weight is 454 g/mol. The van der Waals surface area contributed by atoms with Crippen LogP contribution in [0.1, 0.15) is 52.2 Å². The van der Waals surface area contributed by atoms with Gasteiger partial charge in [-0.2, -0.15) is 0 Å². The van der Waals surface area contributed by atoms with Crippen molar-refractivity contribution in [3.8, 4) is 0 Å².